The van der Waals surface area contributed by atoms with Crippen LogP contribution in [0.2, 0.25) is 0 Å². The monoisotopic (exact) mass is 226 g/mol. The van der Waals surface area contributed by atoms with Crippen LogP contribution in [0.4, 0.5) is 0 Å². The van der Waals surface area contributed by atoms with Crippen LogP contribution in [-0.4, -0.2) is 10.5 Å². The lowest BCUT2D eigenvalue weighted by Gasteiger charge is -2.29. The molecule has 15 heavy (non-hydrogen) atoms. The molecule has 0 aromatic rings. The fourth-order valence-corrected chi connectivity index (χ4v) is 4.18. The second kappa shape index (κ2) is 6.62. The number of thioether (sulfide) groups is 1. The van der Waals surface area contributed by atoms with Gasteiger partial charge in [0.2, 0.25) is 0 Å². The van der Waals surface area contributed by atoms with Crippen molar-refractivity contribution >= 4 is 11.8 Å². The highest BCUT2D eigenvalue weighted by atomic mass is 32.2. The summed E-state index contributed by atoms with van der Waals surface area (Å²) in [5.41, 5.74) is 1.49. The molecule has 0 saturated carbocycles. The first-order valence-corrected chi connectivity index (χ1v) is 7.51. The molecule has 1 aliphatic rings. The highest BCUT2D eigenvalue weighted by molar-refractivity contribution is 8.00. The maximum atomic E-state index is 4.25. The van der Waals surface area contributed by atoms with Gasteiger partial charge in [0.05, 0.1) is 0 Å². The summed E-state index contributed by atoms with van der Waals surface area (Å²) in [6, 6.07) is 0. The molecular weight excluding hydrogens is 200 g/mol. The van der Waals surface area contributed by atoms with Gasteiger partial charge in [-0.15, -0.1) is 0 Å². The zero-order valence-corrected chi connectivity index (χ0v) is 11.3. The number of rotatable bonds is 7. The Morgan fingerprint density at radius 3 is 2.67 bits per heavy atom. The van der Waals surface area contributed by atoms with E-state index in [1.54, 1.807) is 0 Å². The van der Waals surface area contributed by atoms with Crippen LogP contribution in [-0.2, 0) is 0 Å². The third kappa shape index (κ3) is 4.22. The van der Waals surface area contributed by atoms with E-state index in [1.807, 2.05) is 0 Å². The van der Waals surface area contributed by atoms with Crippen LogP contribution in [0.25, 0.3) is 0 Å². The zero-order valence-electron chi connectivity index (χ0n) is 10.5. The molecule has 1 heterocycles. The van der Waals surface area contributed by atoms with Crippen LogP contribution in [0.1, 0.15) is 65.2 Å². The maximum absolute atomic E-state index is 4.25. The molecule has 0 radical (unpaired) electrons. The van der Waals surface area contributed by atoms with E-state index in [4.69, 9.17) is 0 Å². The van der Waals surface area contributed by atoms with E-state index in [2.05, 4.69) is 32.2 Å². The number of allylic oxidation sites excluding steroid dienone is 1. The molecule has 0 N–H and O–H groups in total. The second-order valence-corrected chi connectivity index (χ2v) is 6.48. The van der Waals surface area contributed by atoms with Crippen molar-refractivity contribution in [1.82, 2.24) is 0 Å². The summed E-state index contributed by atoms with van der Waals surface area (Å²) in [5.74, 6) is 1.38. The molecule has 1 rings (SSSR count). The van der Waals surface area contributed by atoms with Crippen molar-refractivity contribution in [3.05, 3.63) is 12.2 Å². The zero-order chi connectivity index (χ0) is 11.1. The molecule has 0 aromatic heterocycles. The van der Waals surface area contributed by atoms with Crippen molar-refractivity contribution in [2.75, 3.05) is 5.75 Å². The lowest BCUT2D eigenvalue weighted by Crippen LogP contribution is -2.21. The molecular formula is C14H26S. The molecule has 0 spiro atoms. The van der Waals surface area contributed by atoms with Crippen LogP contribution in [0, 0.1) is 0 Å². The first-order chi connectivity index (χ1) is 7.22. The second-order valence-electron chi connectivity index (χ2n) is 4.92. The molecule has 1 heteroatoms. The summed E-state index contributed by atoms with van der Waals surface area (Å²) in [6.45, 7) is 8.80. The molecule has 1 atom stereocenters. The third-order valence-corrected chi connectivity index (χ3v) is 5.00. The first kappa shape index (κ1) is 13.2. The van der Waals surface area contributed by atoms with E-state index in [1.165, 1.54) is 62.7 Å². The van der Waals surface area contributed by atoms with Crippen molar-refractivity contribution in [3.8, 4) is 0 Å². The van der Waals surface area contributed by atoms with Crippen molar-refractivity contribution in [3.63, 3.8) is 0 Å². The van der Waals surface area contributed by atoms with E-state index in [9.17, 15) is 0 Å². The van der Waals surface area contributed by atoms with Gasteiger partial charge >= 0.3 is 0 Å². The van der Waals surface area contributed by atoms with Gasteiger partial charge in [0, 0.05) is 4.75 Å². The van der Waals surface area contributed by atoms with E-state index in [0.717, 1.165) is 0 Å². The van der Waals surface area contributed by atoms with Gasteiger partial charge in [-0.25, -0.2) is 0 Å². The van der Waals surface area contributed by atoms with Crippen LogP contribution < -0.4 is 0 Å². The molecule has 1 saturated heterocycles. The Morgan fingerprint density at radius 2 is 2.13 bits per heavy atom. The predicted octanol–water partition coefficient (Wildman–Crippen LogP) is 5.19. The van der Waals surface area contributed by atoms with E-state index < -0.39 is 0 Å². The van der Waals surface area contributed by atoms with Crippen molar-refractivity contribution in [2.45, 2.75) is 70.0 Å². The molecule has 1 fully saturated rings. The lowest BCUT2D eigenvalue weighted by molar-refractivity contribution is 0.486. The summed E-state index contributed by atoms with van der Waals surface area (Å²) in [7, 11) is 0. The summed E-state index contributed by atoms with van der Waals surface area (Å²) < 4.78 is 0.586. The molecule has 0 nitrogen and oxygen atoms in total. The van der Waals surface area contributed by atoms with E-state index >= 15 is 0 Å². The fraction of sp³-hybridized carbons (Fsp3) is 0.857. The summed E-state index contributed by atoms with van der Waals surface area (Å²) >= 11 is 2.22. The Morgan fingerprint density at radius 1 is 1.33 bits per heavy atom. The molecule has 0 aromatic carbocycles. The Balaban J connectivity index is 2.45. The maximum Gasteiger partial charge on any atom is 0.0197 e. The van der Waals surface area contributed by atoms with E-state index in [0.29, 0.717) is 4.75 Å². The molecule has 0 amide bonds. The molecule has 88 valence electrons. The van der Waals surface area contributed by atoms with E-state index in [-0.39, 0.29) is 0 Å². The standard InChI is InChI=1S/C14H26S/c1-4-6-9-14(10-7-11-15-14)12-13(3)8-5-2/h3-12H2,1-2H3. The summed E-state index contributed by atoms with van der Waals surface area (Å²) in [4.78, 5) is 0. The van der Waals surface area contributed by atoms with Gasteiger partial charge in [-0.3, -0.25) is 0 Å². The van der Waals surface area contributed by atoms with Gasteiger partial charge in [0.15, 0.2) is 0 Å². The topological polar surface area (TPSA) is 0 Å². The smallest absolute Gasteiger partial charge is 0.0197 e. The highest BCUT2D eigenvalue weighted by Gasteiger charge is 2.33. The Kier molecular flexibility index (Phi) is 5.81. The number of hydrogen-bond donors (Lipinski definition) is 0. The summed E-state index contributed by atoms with van der Waals surface area (Å²) in [6.07, 6.45) is 10.8. The summed E-state index contributed by atoms with van der Waals surface area (Å²) in [5, 5.41) is 0. The largest absolute Gasteiger partial charge is 0.155 e. The fourth-order valence-electron chi connectivity index (χ4n) is 2.58. The van der Waals surface area contributed by atoms with Crippen LogP contribution in [0.3, 0.4) is 0 Å². The SMILES string of the molecule is C=C(CCC)CC1(CCCC)CCCS1. The van der Waals surface area contributed by atoms with Gasteiger partial charge in [0.1, 0.15) is 0 Å². The van der Waals surface area contributed by atoms with Gasteiger partial charge < -0.3 is 0 Å². The van der Waals surface area contributed by atoms with Crippen LogP contribution >= 0.6 is 11.8 Å². The number of hydrogen-bond acceptors (Lipinski definition) is 1. The minimum atomic E-state index is 0.586. The molecule has 0 aliphatic carbocycles. The van der Waals surface area contributed by atoms with Gasteiger partial charge in [0.25, 0.3) is 0 Å². The lowest BCUT2D eigenvalue weighted by atomic mass is 9.89. The van der Waals surface area contributed by atoms with Gasteiger partial charge in [-0.2, -0.15) is 11.8 Å². The Bertz CT molecular complexity index is 190. The van der Waals surface area contributed by atoms with Crippen molar-refractivity contribution in [1.29, 1.82) is 0 Å². The predicted molar refractivity (Wildman–Crippen MR) is 72.6 cm³/mol. The average Bonchev–Trinajstić information content (AvgIpc) is 2.64. The molecule has 0 bridgehead atoms. The van der Waals surface area contributed by atoms with Crippen molar-refractivity contribution in [2.24, 2.45) is 0 Å². The third-order valence-electron chi connectivity index (χ3n) is 3.35. The average molecular weight is 226 g/mol. The quantitative estimate of drug-likeness (QED) is 0.538. The van der Waals surface area contributed by atoms with Gasteiger partial charge in [-0.1, -0.05) is 45.3 Å². The molecule has 1 unspecified atom stereocenters. The minimum Gasteiger partial charge on any atom is -0.155 e. The Hall–Kier alpha value is 0.0900. The molecule has 1 aliphatic heterocycles. The Labute approximate surface area is 99.9 Å². The van der Waals surface area contributed by atoms with Crippen LogP contribution in [0.5, 0.6) is 0 Å². The first-order valence-electron chi connectivity index (χ1n) is 6.53. The number of unbranched alkanes of at least 4 members (excludes halogenated alkanes) is 1. The van der Waals surface area contributed by atoms with Crippen LogP contribution in [0.15, 0.2) is 12.2 Å². The normalized spacial score (nSPS) is 25.7. The van der Waals surface area contributed by atoms with Crippen molar-refractivity contribution < 1.29 is 0 Å². The van der Waals surface area contributed by atoms with Gasteiger partial charge in [-0.05, 0) is 37.9 Å². The highest BCUT2D eigenvalue weighted by Crippen LogP contribution is 2.46. The minimum absolute atomic E-state index is 0.586.